The summed E-state index contributed by atoms with van der Waals surface area (Å²) in [7, 11) is 0. The van der Waals surface area contributed by atoms with E-state index in [9.17, 15) is 0 Å². The lowest BCUT2D eigenvalue weighted by molar-refractivity contribution is 0.669. The summed E-state index contributed by atoms with van der Waals surface area (Å²) in [4.78, 5) is 5.30. The summed E-state index contributed by atoms with van der Waals surface area (Å²) in [6.45, 7) is 13.5. The van der Waals surface area contributed by atoms with Gasteiger partial charge in [-0.05, 0) is 143 Å². The molecule has 0 amide bonds. The standard InChI is InChI=1S/C70H48B2N2O2/c1-37-23-39(3)65(40(4)24-37)71-55-33-53-51-27-43-15-7-9-17-45(43)31-61(51)75-63(53)35-57(55)73-60-30-48-20-12-14-22-50(48)68-70(60)74(59-29-47-19-11-13-21-49(47)67(71)69(59)73)58-36-64-54(52-28-44-16-8-10-18-46(44)32-62(52)76-64)34-56(58)72(68)66-41(5)25-38(2)26-42(66)6/h7-36H,1-6H3. The molecule has 76 heavy (non-hydrogen) atoms. The minimum absolute atomic E-state index is 0.107. The summed E-state index contributed by atoms with van der Waals surface area (Å²) in [5.41, 5.74) is 26.2. The van der Waals surface area contributed by atoms with Gasteiger partial charge in [-0.2, -0.15) is 0 Å². The first kappa shape index (κ1) is 42.4. The Hall–Kier alpha value is -8.99. The molecular weight excluding hydrogens is 922 g/mol. The van der Waals surface area contributed by atoms with Gasteiger partial charge in [-0.3, -0.25) is 0 Å². The monoisotopic (exact) mass is 970 g/mol. The molecule has 4 nitrogen and oxygen atoms in total. The van der Waals surface area contributed by atoms with Crippen LogP contribution in [0.4, 0.5) is 34.1 Å². The highest BCUT2D eigenvalue weighted by Gasteiger charge is 2.49. The lowest BCUT2D eigenvalue weighted by Crippen LogP contribution is -2.62. The zero-order chi connectivity index (χ0) is 50.6. The second-order valence-corrected chi connectivity index (χ2v) is 22.3. The molecule has 0 atom stereocenters. The van der Waals surface area contributed by atoms with Gasteiger partial charge in [0.15, 0.2) is 0 Å². The first-order chi connectivity index (χ1) is 37.1. The molecular formula is C70H48B2N2O2. The normalized spacial score (nSPS) is 13.6. The average Bonchev–Trinajstić information content (AvgIpc) is 3.95. The molecule has 3 aliphatic rings. The van der Waals surface area contributed by atoms with E-state index in [1.165, 1.54) is 121 Å². The zero-order valence-electron chi connectivity index (χ0n) is 43.2. The third kappa shape index (κ3) is 5.55. The van der Waals surface area contributed by atoms with Crippen molar-refractivity contribution in [3.63, 3.8) is 0 Å². The fourth-order valence-corrected chi connectivity index (χ4v) is 14.9. The van der Waals surface area contributed by atoms with Gasteiger partial charge in [0.1, 0.15) is 22.3 Å². The van der Waals surface area contributed by atoms with Gasteiger partial charge in [0.25, 0.3) is 0 Å². The number of aryl methyl sites for hydroxylation is 6. The van der Waals surface area contributed by atoms with E-state index in [0.29, 0.717) is 0 Å². The second kappa shape index (κ2) is 14.9. The minimum Gasteiger partial charge on any atom is -0.456 e. The molecule has 17 rings (SSSR count). The number of anilines is 6. The number of hydrogen-bond acceptors (Lipinski definition) is 4. The van der Waals surface area contributed by atoms with Crippen molar-refractivity contribution in [3.8, 4) is 0 Å². The first-order valence-corrected chi connectivity index (χ1v) is 26.8. The van der Waals surface area contributed by atoms with Crippen LogP contribution in [0, 0.1) is 41.5 Å². The van der Waals surface area contributed by atoms with Gasteiger partial charge in [-0.15, -0.1) is 0 Å². The summed E-state index contributed by atoms with van der Waals surface area (Å²) in [6.07, 6.45) is 0. The molecule has 3 aliphatic heterocycles. The summed E-state index contributed by atoms with van der Waals surface area (Å²) in [5.74, 6) is 0. The Kier molecular flexibility index (Phi) is 8.29. The largest absolute Gasteiger partial charge is 0.456 e. The molecule has 0 saturated carbocycles. The number of nitrogens with zero attached hydrogens (tertiary/aromatic N) is 2. The van der Waals surface area contributed by atoms with Gasteiger partial charge in [-0.1, -0.05) is 178 Å². The molecule has 356 valence electrons. The molecule has 2 aromatic heterocycles. The number of rotatable bonds is 2. The lowest BCUT2D eigenvalue weighted by Gasteiger charge is -2.49. The highest BCUT2D eigenvalue weighted by Crippen LogP contribution is 2.58. The fraction of sp³-hybridized carbons (Fsp3) is 0.0857. The topological polar surface area (TPSA) is 32.8 Å². The van der Waals surface area contributed by atoms with Crippen LogP contribution < -0.4 is 42.6 Å². The van der Waals surface area contributed by atoms with Gasteiger partial charge in [0.05, 0.1) is 22.7 Å². The number of hydrogen-bond donors (Lipinski definition) is 0. The Morgan fingerprint density at radius 3 is 1.01 bits per heavy atom. The van der Waals surface area contributed by atoms with Crippen molar-refractivity contribution in [2.75, 3.05) is 9.80 Å². The maximum atomic E-state index is 7.07. The lowest BCUT2D eigenvalue weighted by atomic mass is 9.32. The molecule has 0 bridgehead atoms. The molecule has 0 fully saturated rings. The van der Waals surface area contributed by atoms with Gasteiger partial charge < -0.3 is 18.6 Å². The van der Waals surface area contributed by atoms with Gasteiger partial charge in [0, 0.05) is 45.1 Å². The van der Waals surface area contributed by atoms with Crippen molar-refractivity contribution >= 4 is 167 Å². The number of benzene rings is 12. The maximum absolute atomic E-state index is 7.07. The van der Waals surface area contributed by atoms with E-state index in [2.05, 4.69) is 233 Å². The summed E-state index contributed by atoms with van der Waals surface area (Å²) in [6, 6.07) is 68.9. The molecule has 0 N–H and O–H groups in total. The van der Waals surface area contributed by atoms with E-state index in [1.54, 1.807) is 0 Å². The highest BCUT2D eigenvalue weighted by atomic mass is 16.3. The van der Waals surface area contributed by atoms with Crippen molar-refractivity contribution in [2.24, 2.45) is 0 Å². The highest BCUT2D eigenvalue weighted by molar-refractivity contribution is 7.01. The van der Waals surface area contributed by atoms with E-state index in [0.717, 1.165) is 66.6 Å². The van der Waals surface area contributed by atoms with Gasteiger partial charge >= 0.3 is 0 Å². The molecule has 5 heterocycles. The SMILES string of the molecule is Cc1cc(C)c(B2c3cc4c(cc3N3c5cc6ccccc6c6c5N(c5cc7oc8cc9ccccc9cc8c7cc5B6c5c(C)cc(C)cc5C)c5cc6ccccc6c2c53)oc2cc3ccccc3cc24)c(C)c1. The van der Waals surface area contributed by atoms with Crippen LogP contribution in [0.3, 0.4) is 0 Å². The van der Waals surface area contributed by atoms with Crippen LogP contribution in [0.2, 0.25) is 0 Å². The first-order valence-electron chi connectivity index (χ1n) is 26.8. The van der Waals surface area contributed by atoms with Crippen LogP contribution in [0.5, 0.6) is 0 Å². The smallest absolute Gasteiger partial charge is 0.248 e. The summed E-state index contributed by atoms with van der Waals surface area (Å²) < 4.78 is 14.1. The zero-order valence-corrected chi connectivity index (χ0v) is 43.2. The maximum Gasteiger partial charge on any atom is 0.248 e. The van der Waals surface area contributed by atoms with Gasteiger partial charge in [0.2, 0.25) is 13.4 Å². The third-order valence-electron chi connectivity index (χ3n) is 17.7. The Balaban J connectivity index is 1.07. The quantitative estimate of drug-likeness (QED) is 0.162. The predicted molar refractivity (Wildman–Crippen MR) is 325 cm³/mol. The van der Waals surface area contributed by atoms with Crippen molar-refractivity contribution < 1.29 is 8.83 Å². The van der Waals surface area contributed by atoms with E-state index >= 15 is 0 Å². The summed E-state index contributed by atoms with van der Waals surface area (Å²) in [5, 5.41) is 14.3. The Morgan fingerprint density at radius 2 is 0.618 bits per heavy atom. The Labute approximate surface area is 440 Å². The van der Waals surface area contributed by atoms with E-state index < -0.39 is 0 Å². The van der Waals surface area contributed by atoms with Crippen LogP contribution in [-0.4, -0.2) is 13.4 Å². The van der Waals surface area contributed by atoms with Crippen LogP contribution in [0.15, 0.2) is 191 Å². The van der Waals surface area contributed by atoms with Crippen molar-refractivity contribution in [1.29, 1.82) is 0 Å². The Morgan fingerprint density at radius 1 is 0.289 bits per heavy atom. The van der Waals surface area contributed by atoms with Crippen LogP contribution in [-0.2, 0) is 0 Å². The molecule has 0 radical (unpaired) electrons. The molecule has 6 heteroatoms. The minimum atomic E-state index is -0.107. The molecule has 14 aromatic rings. The van der Waals surface area contributed by atoms with E-state index in [-0.39, 0.29) is 13.4 Å². The van der Waals surface area contributed by atoms with Crippen LogP contribution in [0.25, 0.3) is 87.0 Å². The molecule has 0 unspecified atom stereocenters. The van der Waals surface area contributed by atoms with E-state index in [4.69, 9.17) is 8.83 Å². The Bertz CT molecular complexity index is 4640. The molecule has 0 aliphatic carbocycles. The average molecular weight is 971 g/mol. The predicted octanol–water partition coefficient (Wildman–Crippen LogP) is 14.9. The number of furan rings is 2. The summed E-state index contributed by atoms with van der Waals surface area (Å²) >= 11 is 0. The van der Waals surface area contributed by atoms with Gasteiger partial charge in [-0.25, -0.2) is 0 Å². The van der Waals surface area contributed by atoms with Crippen LogP contribution in [0.1, 0.15) is 33.4 Å². The fourth-order valence-electron chi connectivity index (χ4n) is 14.9. The van der Waals surface area contributed by atoms with Crippen molar-refractivity contribution in [1.82, 2.24) is 0 Å². The molecule has 0 spiro atoms. The molecule has 0 saturated heterocycles. The van der Waals surface area contributed by atoms with Crippen LogP contribution >= 0.6 is 0 Å². The third-order valence-corrected chi connectivity index (χ3v) is 17.7. The second-order valence-electron chi connectivity index (χ2n) is 22.3. The van der Waals surface area contributed by atoms with Crippen molar-refractivity contribution in [3.05, 3.63) is 215 Å². The van der Waals surface area contributed by atoms with E-state index in [1.807, 2.05) is 0 Å². The number of fused-ring (bicyclic) bond motifs is 18. The van der Waals surface area contributed by atoms with Crippen molar-refractivity contribution in [2.45, 2.75) is 41.5 Å². The molecule has 12 aromatic carbocycles.